The van der Waals surface area contributed by atoms with Gasteiger partial charge in [0.05, 0.1) is 23.9 Å². The topological polar surface area (TPSA) is 77.8 Å². The minimum Gasteiger partial charge on any atom is -0.376 e. The van der Waals surface area contributed by atoms with Gasteiger partial charge in [0.1, 0.15) is 10.8 Å². The Morgan fingerprint density at radius 2 is 2.19 bits per heavy atom. The molecule has 3 aromatic heterocycles. The van der Waals surface area contributed by atoms with Gasteiger partial charge >= 0.3 is 0 Å². The molecule has 7 nitrogen and oxygen atoms in total. The number of ether oxygens (including phenoxy) is 1. The number of nitrogens with zero attached hydrogens (tertiary/aromatic N) is 5. The summed E-state index contributed by atoms with van der Waals surface area (Å²) in [6, 6.07) is 0. The average Bonchev–Trinajstić information content (AvgIpc) is 3.43. The van der Waals surface area contributed by atoms with Crippen molar-refractivity contribution < 1.29 is 4.74 Å². The minimum absolute atomic E-state index is 0.267. The molecule has 0 bridgehead atoms. The van der Waals surface area contributed by atoms with Crippen molar-refractivity contribution in [1.29, 1.82) is 0 Å². The molecular weight excluding hydrogens is 348 g/mol. The molecule has 0 radical (unpaired) electrons. The molecule has 0 amide bonds. The summed E-state index contributed by atoms with van der Waals surface area (Å²) in [6.07, 6.45) is 10.8. The van der Waals surface area contributed by atoms with Crippen LogP contribution in [0, 0.1) is 0 Å². The third-order valence-corrected chi connectivity index (χ3v) is 5.29. The van der Waals surface area contributed by atoms with E-state index in [2.05, 4.69) is 42.1 Å². The van der Waals surface area contributed by atoms with Crippen LogP contribution in [-0.4, -0.2) is 43.8 Å². The molecule has 1 unspecified atom stereocenters. The van der Waals surface area contributed by atoms with Crippen LogP contribution in [0.25, 0.3) is 11.4 Å². The van der Waals surface area contributed by atoms with Gasteiger partial charge in [-0.15, -0.1) is 11.3 Å². The minimum atomic E-state index is 0.267. The molecule has 1 atom stereocenters. The number of aryl methyl sites for hydroxylation is 1. The van der Waals surface area contributed by atoms with Crippen molar-refractivity contribution in [2.75, 3.05) is 18.5 Å². The second kappa shape index (κ2) is 7.92. The van der Waals surface area contributed by atoms with Crippen LogP contribution in [0.1, 0.15) is 30.5 Å². The zero-order chi connectivity index (χ0) is 17.8. The lowest BCUT2D eigenvalue weighted by molar-refractivity contribution is 0.120. The van der Waals surface area contributed by atoms with Crippen molar-refractivity contribution in [1.82, 2.24) is 24.5 Å². The first kappa shape index (κ1) is 17.1. The van der Waals surface area contributed by atoms with E-state index in [1.807, 2.05) is 18.6 Å². The molecule has 0 aliphatic carbocycles. The zero-order valence-corrected chi connectivity index (χ0v) is 15.6. The van der Waals surface area contributed by atoms with E-state index in [1.54, 1.807) is 17.5 Å². The molecular formula is C18H22N6OS. The van der Waals surface area contributed by atoms with Gasteiger partial charge in [0.25, 0.3) is 0 Å². The van der Waals surface area contributed by atoms with E-state index in [1.165, 1.54) is 0 Å². The first-order chi connectivity index (χ1) is 12.8. The monoisotopic (exact) mass is 370 g/mol. The Balaban J connectivity index is 1.43. The maximum atomic E-state index is 5.60. The first-order valence-electron chi connectivity index (χ1n) is 8.94. The third kappa shape index (κ3) is 3.91. The Morgan fingerprint density at radius 1 is 1.31 bits per heavy atom. The summed E-state index contributed by atoms with van der Waals surface area (Å²) >= 11 is 1.68. The van der Waals surface area contributed by atoms with Crippen LogP contribution in [0.5, 0.6) is 0 Å². The third-order valence-electron chi connectivity index (χ3n) is 4.40. The molecule has 3 aromatic rings. The summed E-state index contributed by atoms with van der Waals surface area (Å²) in [5.74, 6) is 1.47. The number of anilines is 1. The molecule has 4 heterocycles. The second-order valence-electron chi connectivity index (χ2n) is 6.28. The van der Waals surface area contributed by atoms with Crippen LogP contribution in [0.2, 0.25) is 0 Å². The van der Waals surface area contributed by atoms with Crippen LogP contribution < -0.4 is 5.32 Å². The Kier molecular flexibility index (Phi) is 5.21. The number of nitrogens with one attached hydrogen (secondary N) is 1. The van der Waals surface area contributed by atoms with Crippen LogP contribution in [0.3, 0.4) is 0 Å². The van der Waals surface area contributed by atoms with Crippen LogP contribution in [-0.2, 0) is 17.7 Å². The Hall–Kier alpha value is -2.32. The standard InChI is InChI=1S/C18H22N6OS/c1-2-14-12-26-16(23-14)11-24-6-5-19-17(24)13-8-20-18(21-9-13)22-10-15-4-3-7-25-15/h5-6,8-9,12,15H,2-4,7,10-11H2,1H3,(H,20,21,22). The molecule has 8 heteroatoms. The van der Waals surface area contributed by atoms with E-state index in [-0.39, 0.29) is 6.10 Å². The number of imidazole rings is 1. The van der Waals surface area contributed by atoms with E-state index in [9.17, 15) is 0 Å². The average molecular weight is 370 g/mol. The highest BCUT2D eigenvalue weighted by molar-refractivity contribution is 7.09. The van der Waals surface area contributed by atoms with E-state index < -0.39 is 0 Å². The molecule has 4 rings (SSSR count). The van der Waals surface area contributed by atoms with Gasteiger partial charge in [-0.1, -0.05) is 6.92 Å². The zero-order valence-electron chi connectivity index (χ0n) is 14.8. The molecule has 0 spiro atoms. The lowest BCUT2D eigenvalue weighted by Gasteiger charge is -2.11. The second-order valence-corrected chi connectivity index (χ2v) is 7.22. The van der Waals surface area contributed by atoms with Crippen molar-refractivity contribution >= 4 is 17.3 Å². The Bertz CT molecular complexity index is 838. The smallest absolute Gasteiger partial charge is 0.222 e. The first-order valence-corrected chi connectivity index (χ1v) is 9.82. The summed E-state index contributed by atoms with van der Waals surface area (Å²) in [6.45, 7) is 4.43. The van der Waals surface area contributed by atoms with Gasteiger partial charge < -0.3 is 14.6 Å². The predicted octanol–water partition coefficient (Wildman–Crippen LogP) is 3.00. The van der Waals surface area contributed by atoms with Gasteiger partial charge in [0.15, 0.2) is 0 Å². The van der Waals surface area contributed by atoms with Crippen molar-refractivity contribution in [2.45, 2.75) is 38.8 Å². The van der Waals surface area contributed by atoms with Gasteiger partial charge in [0, 0.05) is 43.3 Å². The maximum Gasteiger partial charge on any atom is 0.222 e. The molecule has 1 saturated heterocycles. The summed E-state index contributed by atoms with van der Waals surface area (Å²) < 4.78 is 7.68. The van der Waals surface area contributed by atoms with Crippen molar-refractivity contribution in [3.63, 3.8) is 0 Å². The molecule has 1 aliphatic heterocycles. The predicted molar refractivity (Wildman–Crippen MR) is 101 cm³/mol. The highest BCUT2D eigenvalue weighted by Crippen LogP contribution is 2.20. The summed E-state index contributed by atoms with van der Waals surface area (Å²) in [5.41, 5.74) is 2.03. The normalized spacial score (nSPS) is 16.9. The number of hydrogen-bond donors (Lipinski definition) is 1. The van der Waals surface area contributed by atoms with Crippen molar-refractivity contribution in [2.24, 2.45) is 0 Å². The Morgan fingerprint density at radius 3 is 2.92 bits per heavy atom. The summed E-state index contributed by atoms with van der Waals surface area (Å²) in [7, 11) is 0. The quantitative estimate of drug-likeness (QED) is 0.689. The highest BCUT2D eigenvalue weighted by Gasteiger charge is 2.15. The molecule has 1 N–H and O–H groups in total. The number of thiazole rings is 1. The van der Waals surface area contributed by atoms with Crippen LogP contribution in [0.15, 0.2) is 30.2 Å². The van der Waals surface area contributed by atoms with Crippen molar-refractivity contribution in [3.8, 4) is 11.4 Å². The number of hydrogen-bond acceptors (Lipinski definition) is 7. The summed E-state index contributed by atoms with van der Waals surface area (Å²) in [5, 5.41) is 6.44. The fourth-order valence-corrected chi connectivity index (χ4v) is 3.85. The fraction of sp³-hybridized carbons (Fsp3) is 0.444. The number of rotatable bonds is 7. The van der Waals surface area contributed by atoms with Gasteiger partial charge in [-0.25, -0.2) is 19.9 Å². The largest absolute Gasteiger partial charge is 0.376 e. The maximum absolute atomic E-state index is 5.60. The van der Waals surface area contributed by atoms with Gasteiger partial charge in [-0.05, 0) is 19.3 Å². The van der Waals surface area contributed by atoms with Gasteiger partial charge in [-0.3, -0.25) is 0 Å². The highest BCUT2D eigenvalue weighted by atomic mass is 32.1. The molecule has 1 aliphatic rings. The van der Waals surface area contributed by atoms with E-state index in [0.717, 1.165) is 54.5 Å². The molecule has 26 heavy (non-hydrogen) atoms. The van der Waals surface area contributed by atoms with Gasteiger partial charge in [-0.2, -0.15) is 0 Å². The van der Waals surface area contributed by atoms with Gasteiger partial charge in [0.2, 0.25) is 5.95 Å². The summed E-state index contributed by atoms with van der Waals surface area (Å²) in [4.78, 5) is 17.9. The molecule has 136 valence electrons. The molecule has 1 fully saturated rings. The van der Waals surface area contributed by atoms with E-state index >= 15 is 0 Å². The Labute approximate surface area is 156 Å². The number of aromatic nitrogens is 5. The lowest BCUT2D eigenvalue weighted by Crippen LogP contribution is -2.19. The van der Waals surface area contributed by atoms with E-state index in [0.29, 0.717) is 12.5 Å². The van der Waals surface area contributed by atoms with Crippen molar-refractivity contribution in [3.05, 3.63) is 40.9 Å². The van der Waals surface area contributed by atoms with Crippen LogP contribution in [0.4, 0.5) is 5.95 Å². The SMILES string of the molecule is CCc1csc(Cn2ccnc2-c2cnc(NCC3CCCO3)nc2)n1. The molecule has 0 saturated carbocycles. The lowest BCUT2D eigenvalue weighted by atomic mass is 10.2. The van der Waals surface area contributed by atoms with Crippen LogP contribution >= 0.6 is 11.3 Å². The fourth-order valence-electron chi connectivity index (χ4n) is 2.97. The molecule has 0 aromatic carbocycles. The van der Waals surface area contributed by atoms with E-state index in [4.69, 9.17) is 4.74 Å².